The van der Waals surface area contributed by atoms with Gasteiger partial charge in [0.25, 0.3) is 10.2 Å². The van der Waals surface area contributed by atoms with Crippen LogP contribution in [0, 0.1) is 5.92 Å². The van der Waals surface area contributed by atoms with E-state index in [0.717, 1.165) is 4.31 Å². The summed E-state index contributed by atoms with van der Waals surface area (Å²) < 4.78 is 26.0. The fourth-order valence-corrected chi connectivity index (χ4v) is 2.32. The zero-order valence-corrected chi connectivity index (χ0v) is 10.9. The maximum Gasteiger partial charge on any atom is 0.281 e. The van der Waals surface area contributed by atoms with Gasteiger partial charge in [-0.15, -0.1) is 0 Å². The molecule has 16 heavy (non-hydrogen) atoms. The Bertz CT molecular complexity index is 339. The van der Waals surface area contributed by atoms with Crippen LogP contribution in [0.1, 0.15) is 13.8 Å². The number of hydrogen-bond donors (Lipinski definition) is 2. The first kappa shape index (κ1) is 15.1. The summed E-state index contributed by atoms with van der Waals surface area (Å²) in [5.41, 5.74) is 5.40. The van der Waals surface area contributed by atoms with E-state index in [1.807, 2.05) is 0 Å². The summed E-state index contributed by atoms with van der Waals surface area (Å²) >= 11 is 0. The normalized spacial score (nSPS) is 15.8. The van der Waals surface area contributed by atoms with Crippen molar-refractivity contribution in [2.24, 2.45) is 16.8 Å². The third kappa shape index (κ3) is 3.62. The van der Waals surface area contributed by atoms with Gasteiger partial charge < -0.3 is 10.9 Å². The molecule has 7 nitrogen and oxygen atoms in total. The van der Waals surface area contributed by atoms with Crippen LogP contribution in [0.25, 0.3) is 0 Å². The Morgan fingerprint density at radius 1 is 1.50 bits per heavy atom. The van der Waals surface area contributed by atoms with Crippen molar-refractivity contribution in [1.29, 1.82) is 0 Å². The SMILES string of the molecule is CCN(CC(C)C(N)=NO)S(=O)(=O)N(C)C. The van der Waals surface area contributed by atoms with E-state index in [0.29, 0.717) is 6.54 Å². The molecule has 0 fully saturated rings. The molecule has 0 saturated carbocycles. The summed E-state index contributed by atoms with van der Waals surface area (Å²) in [5, 5.41) is 11.3. The largest absolute Gasteiger partial charge is 0.409 e. The number of oxime groups is 1. The predicted octanol–water partition coefficient (Wildman–Crippen LogP) is -0.503. The minimum Gasteiger partial charge on any atom is -0.409 e. The molecule has 0 amide bonds. The van der Waals surface area contributed by atoms with Crippen LogP contribution in [0.3, 0.4) is 0 Å². The highest BCUT2D eigenvalue weighted by molar-refractivity contribution is 7.86. The molecule has 0 aliphatic rings. The van der Waals surface area contributed by atoms with Crippen molar-refractivity contribution in [3.05, 3.63) is 0 Å². The zero-order valence-electron chi connectivity index (χ0n) is 10.1. The first-order valence-corrected chi connectivity index (χ1v) is 6.32. The third-order valence-electron chi connectivity index (χ3n) is 2.24. The highest BCUT2D eigenvalue weighted by Crippen LogP contribution is 2.08. The molecule has 1 unspecified atom stereocenters. The lowest BCUT2D eigenvalue weighted by atomic mass is 10.1. The lowest BCUT2D eigenvalue weighted by Crippen LogP contribution is -2.44. The lowest BCUT2D eigenvalue weighted by Gasteiger charge is -2.26. The number of hydrogen-bond acceptors (Lipinski definition) is 4. The molecule has 0 rings (SSSR count). The first-order chi connectivity index (χ1) is 7.27. The molecule has 3 N–H and O–H groups in total. The molecule has 8 heteroatoms. The summed E-state index contributed by atoms with van der Waals surface area (Å²) in [6.07, 6.45) is 0. The molecular weight excluding hydrogens is 232 g/mol. The van der Waals surface area contributed by atoms with E-state index in [4.69, 9.17) is 10.9 Å². The van der Waals surface area contributed by atoms with Crippen LogP contribution in [0.2, 0.25) is 0 Å². The Labute approximate surface area is 96.7 Å². The minimum atomic E-state index is -3.45. The fourth-order valence-electron chi connectivity index (χ4n) is 1.11. The second kappa shape index (κ2) is 6.02. The standard InChI is InChI=1S/C8H20N4O3S/c1-5-12(16(14,15)11(3)4)6-7(2)8(9)10-13/h7,13H,5-6H2,1-4H3,(H2,9,10). The van der Waals surface area contributed by atoms with Gasteiger partial charge in [0.05, 0.1) is 0 Å². The van der Waals surface area contributed by atoms with Gasteiger partial charge in [0.1, 0.15) is 5.84 Å². The van der Waals surface area contributed by atoms with Crippen LogP contribution in [-0.2, 0) is 10.2 Å². The van der Waals surface area contributed by atoms with Gasteiger partial charge in [-0.25, -0.2) is 0 Å². The van der Waals surface area contributed by atoms with Gasteiger partial charge >= 0.3 is 0 Å². The molecule has 0 aliphatic heterocycles. The van der Waals surface area contributed by atoms with E-state index in [2.05, 4.69) is 5.16 Å². The van der Waals surface area contributed by atoms with Crippen LogP contribution >= 0.6 is 0 Å². The molecule has 1 atom stereocenters. The predicted molar refractivity (Wildman–Crippen MR) is 62.4 cm³/mol. The monoisotopic (exact) mass is 252 g/mol. The van der Waals surface area contributed by atoms with Crippen LogP contribution in [-0.4, -0.2) is 55.3 Å². The number of rotatable bonds is 6. The second-order valence-electron chi connectivity index (χ2n) is 3.67. The molecule has 96 valence electrons. The van der Waals surface area contributed by atoms with Crippen molar-refractivity contribution in [2.45, 2.75) is 13.8 Å². The number of amidine groups is 1. The molecule has 0 radical (unpaired) electrons. The van der Waals surface area contributed by atoms with Gasteiger partial charge in [-0.2, -0.15) is 17.0 Å². The van der Waals surface area contributed by atoms with Crippen molar-refractivity contribution in [2.75, 3.05) is 27.2 Å². The Morgan fingerprint density at radius 2 is 2.00 bits per heavy atom. The highest BCUT2D eigenvalue weighted by Gasteiger charge is 2.25. The van der Waals surface area contributed by atoms with Crippen molar-refractivity contribution in [3.8, 4) is 0 Å². The second-order valence-corrected chi connectivity index (χ2v) is 5.81. The van der Waals surface area contributed by atoms with Crippen molar-refractivity contribution < 1.29 is 13.6 Å². The number of nitrogens with zero attached hydrogens (tertiary/aromatic N) is 3. The topological polar surface area (TPSA) is 99.2 Å². The van der Waals surface area contributed by atoms with E-state index < -0.39 is 10.2 Å². The summed E-state index contributed by atoms with van der Waals surface area (Å²) in [6.45, 7) is 3.96. The molecule has 0 aromatic rings. The summed E-state index contributed by atoms with van der Waals surface area (Å²) in [7, 11) is -0.523. The Kier molecular flexibility index (Phi) is 5.70. The summed E-state index contributed by atoms with van der Waals surface area (Å²) in [4.78, 5) is 0. The van der Waals surface area contributed by atoms with E-state index in [-0.39, 0.29) is 18.3 Å². The maximum atomic E-state index is 11.8. The average molecular weight is 252 g/mol. The van der Waals surface area contributed by atoms with Crippen LogP contribution in [0.5, 0.6) is 0 Å². The third-order valence-corrected chi connectivity index (χ3v) is 4.22. The van der Waals surface area contributed by atoms with Crippen LogP contribution in [0.4, 0.5) is 0 Å². The fraction of sp³-hybridized carbons (Fsp3) is 0.875. The minimum absolute atomic E-state index is 0.0207. The van der Waals surface area contributed by atoms with Crippen LogP contribution in [0.15, 0.2) is 5.16 Å². The smallest absolute Gasteiger partial charge is 0.281 e. The first-order valence-electron chi connectivity index (χ1n) is 4.92. The van der Waals surface area contributed by atoms with E-state index in [1.54, 1.807) is 13.8 Å². The molecule has 0 aromatic heterocycles. The van der Waals surface area contributed by atoms with Gasteiger partial charge in [-0.1, -0.05) is 19.0 Å². The van der Waals surface area contributed by atoms with Crippen molar-refractivity contribution >= 4 is 16.0 Å². The maximum absolute atomic E-state index is 11.8. The van der Waals surface area contributed by atoms with E-state index in [9.17, 15) is 8.42 Å². The molecule has 0 spiro atoms. The van der Waals surface area contributed by atoms with Crippen molar-refractivity contribution in [3.63, 3.8) is 0 Å². The lowest BCUT2D eigenvalue weighted by molar-refractivity contribution is 0.309. The Hall–Kier alpha value is -0.860. The Balaban J connectivity index is 4.79. The van der Waals surface area contributed by atoms with Crippen molar-refractivity contribution in [1.82, 2.24) is 8.61 Å². The molecule has 0 aromatic carbocycles. The molecule has 0 saturated heterocycles. The van der Waals surface area contributed by atoms with Crippen LogP contribution < -0.4 is 5.73 Å². The molecule has 0 heterocycles. The number of nitrogens with two attached hydrogens (primary N) is 1. The highest BCUT2D eigenvalue weighted by atomic mass is 32.2. The summed E-state index contributed by atoms with van der Waals surface area (Å²) in [6, 6.07) is 0. The Morgan fingerprint density at radius 3 is 2.31 bits per heavy atom. The summed E-state index contributed by atoms with van der Waals surface area (Å²) in [5.74, 6) is -0.313. The van der Waals surface area contributed by atoms with E-state index >= 15 is 0 Å². The zero-order chi connectivity index (χ0) is 12.9. The molecule has 0 aliphatic carbocycles. The van der Waals surface area contributed by atoms with E-state index in [1.165, 1.54) is 18.4 Å². The van der Waals surface area contributed by atoms with Gasteiger partial charge in [0.2, 0.25) is 0 Å². The van der Waals surface area contributed by atoms with Gasteiger partial charge in [-0.3, -0.25) is 0 Å². The molecule has 0 bridgehead atoms. The van der Waals surface area contributed by atoms with Gasteiger partial charge in [0, 0.05) is 33.1 Å². The quantitative estimate of drug-likeness (QED) is 0.288. The van der Waals surface area contributed by atoms with Gasteiger partial charge in [-0.05, 0) is 0 Å². The average Bonchev–Trinajstić information content (AvgIpc) is 2.23. The van der Waals surface area contributed by atoms with Gasteiger partial charge in [0.15, 0.2) is 0 Å². The molecular formula is C8H20N4O3S.